The Morgan fingerprint density at radius 1 is 1.44 bits per heavy atom. The first-order valence-corrected chi connectivity index (χ1v) is 6.14. The van der Waals surface area contributed by atoms with Crippen molar-refractivity contribution in [3.63, 3.8) is 0 Å². The van der Waals surface area contributed by atoms with Gasteiger partial charge in [-0.25, -0.2) is 4.98 Å². The molecule has 2 N–H and O–H groups in total. The molecule has 1 aliphatic carbocycles. The van der Waals surface area contributed by atoms with Crippen molar-refractivity contribution in [2.75, 3.05) is 26.0 Å². The Morgan fingerprint density at radius 2 is 2.22 bits per heavy atom. The number of aromatic nitrogens is 2. The zero-order chi connectivity index (χ0) is 13.0. The second-order valence-electron chi connectivity index (χ2n) is 4.66. The van der Waals surface area contributed by atoms with E-state index in [4.69, 9.17) is 0 Å². The first-order chi connectivity index (χ1) is 8.67. The zero-order valence-electron chi connectivity index (χ0n) is 10.8. The lowest BCUT2D eigenvalue weighted by molar-refractivity contribution is -0.122. The number of likely N-dealkylation sites (N-methyl/N-ethyl adjacent to an activating group) is 1. The Morgan fingerprint density at radius 3 is 2.78 bits per heavy atom. The summed E-state index contributed by atoms with van der Waals surface area (Å²) in [5, 5.41) is 5.88. The van der Waals surface area contributed by atoms with Crippen molar-refractivity contribution in [1.82, 2.24) is 20.2 Å². The first-order valence-electron chi connectivity index (χ1n) is 6.14. The third-order valence-corrected chi connectivity index (χ3v) is 2.75. The third kappa shape index (κ3) is 3.96. The minimum Gasteiger partial charge on any atom is -0.372 e. The molecule has 98 valence electrons. The van der Waals surface area contributed by atoms with Gasteiger partial charge in [0.15, 0.2) is 0 Å². The number of hydrogen-bond donors (Lipinski definition) is 2. The lowest BCUT2D eigenvalue weighted by Gasteiger charge is -2.15. The SMILES string of the molecule is CNc1cnc(CN(C)CC(=O)NC2CC2)cn1. The van der Waals surface area contributed by atoms with Crippen LogP contribution in [-0.2, 0) is 11.3 Å². The average molecular weight is 249 g/mol. The van der Waals surface area contributed by atoms with Crippen LogP contribution in [-0.4, -0.2) is 47.5 Å². The van der Waals surface area contributed by atoms with Crippen LogP contribution >= 0.6 is 0 Å². The van der Waals surface area contributed by atoms with E-state index in [1.165, 1.54) is 0 Å². The molecule has 0 aromatic carbocycles. The molecule has 1 amide bonds. The van der Waals surface area contributed by atoms with E-state index in [1.54, 1.807) is 19.4 Å². The summed E-state index contributed by atoms with van der Waals surface area (Å²) in [6, 6.07) is 0.417. The minimum atomic E-state index is 0.0832. The number of nitrogens with one attached hydrogen (secondary N) is 2. The summed E-state index contributed by atoms with van der Waals surface area (Å²) in [6.45, 7) is 1.01. The molecule has 1 aromatic rings. The van der Waals surface area contributed by atoms with E-state index in [0.717, 1.165) is 24.4 Å². The molecule has 18 heavy (non-hydrogen) atoms. The maximum Gasteiger partial charge on any atom is 0.234 e. The van der Waals surface area contributed by atoms with E-state index in [0.29, 0.717) is 19.1 Å². The van der Waals surface area contributed by atoms with Crippen LogP contribution in [0.4, 0.5) is 5.82 Å². The van der Waals surface area contributed by atoms with E-state index < -0.39 is 0 Å². The van der Waals surface area contributed by atoms with Gasteiger partial charge >= 0.3 is 0 Å². The Labute approximate surface area is 107 Å². The molecule has 0 saturated heterocycles. The molecule has 6 nitrogen and oxygen atoms in total. The van der Waals surface area contributed by atoms with Crippen molar-refractivity contribution in [2.45, 2.75) is 25.4 Å². The van der Waals surface area contributed by atoms with Crippen molar-refractivity contribution in [3.8, 4) is 0 Å². The Bertz CT molecular complexity index is 401. The molecule has 0 atom stereocenters. The summed E-state index contributed by atoms with van der Waals surface area (Å²) in [6.07, 6.45) is 5.65. The molecule has 1 saturated carbocycles. The van der Waals surface area contributed by atoms with Crippen LogP contribution in [0.3, 0.4) is 0 Å². The normalized spacial score (nSPS) is 14.6. The van der Waals surface area contributed by atoms with Crippen LogP contribution in [0.15, 0.2) is 12.4 Å². The molecule has 1 heterocycles. The molecule has 6 heteroatoms. The summed E-state index contributed by atoms with van der Waals surface area (Å²) in [5.41, 5.74) is 0.857. The van der Waals surface area contributed by atoms with E-state index in [2.05, 4.69) is 20.6 Å². The molecule has 0 bridgehead atoms. The molecule has 1 fully saturated rings. The van der Waals surface area contributed by atoms with Crippen LogP contribution in [0, 0.1) is 0 Å². The molecule has 0 aliphatic heterocycles. The van der Waals surface area contributed by atoms with Gasteiger partial charge in [0.2, 0.25) is 5.91 Å². The van der Waals surface area contributed by atoms with Crippen molar-refractivity contribution < 1.29 is 4.79 Å². The number of carbonyl (C=O) groups excluding carboxylic acids is 1. The van der Waals surface area contributed by atoms with Gasteiger partial charge in [-0.1, -0.05) is 0 Å². The summed E-state index contributed by atoms with van der Waals surface area (Å²) in [5.74, 6) is 0.827. The molecule has 0 spiro atoms. The molecule has 2 rings (SSSR count). The van der Waals surface area contributed by atoms with Crippen LogP contribution < -0.4 is 10.6 Å². The molecule has 1 aliphatic rings. The van der Waals surface area contributed by atoms with Gasteiger partial charge in [0, 0.05) is 19.6 Å². The van der Waals surface area contributed by atoms with Gasteiger partial charge in [-0.15, -0.1) is 0 Å². The van der Waals surface area contributed by atoms with Gasteiger partial charge in [-0.05, 0) is 19.9 Å². The molecule has 0 radical (unpaired) electrons. The lowest BCUT2D eigenvalue weighted by atomic mass is 10.4. The van der Waals surface area contributed by atoms with E-state index in [1.807, 2.05) is 11.9 Å². The second-order valence-corrected chi connectivity index (χ2v) is 4.66. The number of nitrogens with zero attached hydrogens (tertiary/aromatic N) is 3. The van der Waals surface area contributed by atoms with Crippen LogP contribution in [0.2, 0.25) is 0 Å². The lowest BCUT2D eigenvalue weighted by Crippen LogP contribution is -2.36. The quantitative estimate of drug-likeness (QED) is 0.755. The fourth-order valence-corrected chi connectivity index (χ4v) is 1.64. The maximum absolute atomic E-state index is 11.6. The highest BCUT2D eigenvalue weighted by Gasteiger charge is 2.23. The van der Waals surface area contributed by atoms with Crippen molar-refractivity contribution >= 4 is 11.7 Å². The fraction of sp³-hybridized carbons (Fsp3) is 0.583. The van der Waals surface area contributed by atoms with Gasteiger partial charge in [0.1, 0.15) is 5.82 Å². The minimum absolute atomic E-state index is 0.0832. The average Bonchev–Trinajstić information content (AvgIpc) is 3.13. The van der Waals surface area contributed by atoms with Crippen molar-refractivity contribution in [3.05, 3.63) is 18.1 Å². The summed E-state index contributed by atoms with van der Waals surface area (Å²) in [7, 11) is 3.71. The molecular formula is C12H19N5O. The van der Waals surface area contributed by atoms with Crippen LogP contribution in [0.25, 0.3) is 0 Å². The summed E-state index contributed by atoms with van der Waals surface area (Å²) < 4.78 is 0. The standard InChI is InChI=1S/C12H19N5O/c1-13-11-6-14-10(5-15-11)7-17(2)8-12(18)16-9-3-4-9/h5-6,9H,3-4,7-8H2,1-2H3,(H,13,15)(H,16,18). The predicted molar refractivity (Wildman–Crippen MR) is 69.1 cm³/mol. The highest BCUT2D eigenvalue weighted by Crippen LogP contribution is 2.18. The predicted octanol–water partition coefficient (Wildman–Crippen LogP) is 0.229. The smallest absolute Gasteiger partial charge is 0.234 e. The Kier molecular flexibility index (Phi) is 4.09. The fourth-order valence-electron chi connectivity index (χ4n) is 1.64. The van der Waals surface area contributed by atoms with E-state index in [9.17, 15) is 4.79 Å². The van der Waals surface area contributed by atoms with E-state index in [-0.39, 0.29) is 5.91 Å². The van der Waals surface area contributed by atoms with Gasteiger partial charge in [-0.3, -0.25) is 14.7 Å². The van der Waals surface area contributed by atoms with E-state index >= 15 is 0 Å². The Balaban J connectivity index is 1.77. The number of amides is 1. The van der Waals surface area contributed by atoms with Gasteiger partial charge < -0.3 is 10.6 Å². The van der Waals surface area contributed by atoms with Crippen LogP contribution in [0.1, 0.15) is 18.5 Å². The largest absolute Gasteiger partial charge is 0.372 e. The number of hydrogen-bond acceptors (Lipinski definition) is 5. The third-order valence-electron chi connectivity index (χ3n) is 2.75. The number of carbonyl (C=O) groups is 1. The van der Waals surface area contributed by atoms with Crippen molar-refractivity contribution in [2.24, 2.45) is 0 Å². The van der Waals surface area contributed by atoms with Gasteiger partial charge in [0.05, 0.1) is 24.6 Å². The van der Waals surface area contributed by atoms with Crippen molar-refractivity contribution in [1.29, 1.82) is 0 Å². The highest BCUT2D eigenvalue weighted by molar-refractivity contribution is 5.78. The number of anilines is 1. The summed E-state index contributed by atoms with van der Waals surface area (Å²) >= 11 is 0. The highest BCUT2D eigenvalue weighted by atomic mass is 16.2. The zero-order valence-corrected chi connectivity index (χ0v) is 10.8. The summed E-state index contributed by atoms with van der Waals surface area (Å²) in [4.78, 5) is 22.0. The first kappa shape index (κ1) is 12.8. The maximum atomic E-state index is 11.6. The topological polar surface area (TPSA) is 70.2 Å². The molecule has 1 aromatic heterocycles. The van der Waals surface area contributed by atoms with Gasteiger partial charge in [0.25, 0.3) is 0 Å². The molecular weight excluding hydrogens is 230 g/mol. The Hall–Kier alpha value is -1.69. The molecule has 0 unspecified atom stereocenters. The number of rotatable bonds is 6. The monoisotopic (exact) mass is 249 g/mol. The second kappa shape index (κ2) is 5.77. The van der Waals surface area contributed by atoms with Crippen LogP contribution in [0.5, 0.6) is 0 Å². The van der Waals surface area contributed by atoms with Gasteiger partial charge in [-0.2, -0.15) is 0 Å².